The van der Waals surface area contributed by atoms with Crippen molar-refractivity contribution in [3.05, 3.63) is 41.6 Å². The van der Waals surface area contributed by atoms with Crippen LogP contribution in [0.2, 0.25) is 0 Å². The van der Waals surface area contributed by atoms with Gasteiger partial charge in [0.1, 0.15) is 5.82 Å². The van der Waals surface area contributed by atoms with E-state index in [2.05, 4.69) is 15.3 Å². The second-order valence-corrected chi connectivity index (χ2v) is 6.50. The van der Waals surface area contributed by atoms with Gasteiger partial charge in [-0.25, -0.2) is 4.98 Å². The predicted molar refractivity (Wildman–Crippen MR) is 96.7 cm³/mol. The third-order valence-corrected chi connectivity index (χ3v) is 4.23. The average Bonchev–Trinajstić information content (AvgIpc) is 3.05. The van der Waals surface area contributed by atoms with E-state index in [9.17, 15) is 18.0 Å². The van der Waals surface area contributed by atoms with Gasteiger partial charge >= 0.3 is 6.18 Å². The maximum Gasteiger partial charge on any atom is 0.433 e. The number of rotatable bonds is 5. The van der Waals surface area contributed by atoms with E-state index in [4.69, 9.17) is 0 Å². The summed E-state index contributed by atoms with van der Waals surface area (Å²) in [7, 11) is 3.23. The molecule has 144 valence electrons. The van der Waals surface area contributed by atoms with Crippen LogP contribution < -0.4 is 15.1 Å². The zero-order valence-electron chi connectivity index (χ0n) is 15.0. The van der Waals surface area contributed by atoms with E-state index >= 15 is 0 Å². The smallest absolute Gasteiger partial charge is 0.363 e. The van der Waals surface area contributed by atoms with Crippen molar-refractivity contribution in [2.75, 3.05) is 35.8 Å². The van der Waals surface area contributed by atoms with E-state index in [1.807, 2.05) is 24.3 Å². The Morgan fingerprint density at radius 3 is 2.44 bits per heavy atom. The highest BCUT2D eigenvalue weighted by molar-refractivity contribution is 5.95. The summed E-state index contributed by atoms with van der Waals surface area (Å²) in [5.41, 5.74) is 0.677. The number of hydrogen-bond acceptors (Lipinski definition) is 5. The number of amides is 1. The monoisotopic (exact) mass is 379 g/mol. The summed E-state index contributed by atoms with van der Waals surface area (Å²) in [5, 5.41) is 2.84. The molecular formula is C18H20F3N5O. The summed E-state index contributed by atoms with van der Waals surface area (Å²) in [5.74, 6) is 0.185. The number of anilines is 3. The Morgan fingerprint density at radius 1 is 1.19 bits per heavy atom. The van der Waals surface area contributed by atoms with E-state index in [1.54, 1.807) is 19.0 Å². The maximum absolute atomic E-state index is 13.0. The van der Waals surface area contributed by atoms with Crippen molar-refractivity contribution >= 4 is 23.4 Å². The number of nitrogens with zero attached hydrogens (tertiary/aromatic N) is 4. The van der Waals surface area contributed by atoms with Crippen molar-refractivity contribution in [1.82, 2.24) is 9.97 Å². The first-order valence-electron chi connectivity index (χ1n) is 8.51. The van der Waals surface area contributed by atoms with Crippen molar-refractivity contribution in [3.8, 4) is 0 Å². The first kappa shape index (κ1) is 18.9. The molecule has 1 aromatic heterocycles. The second kappa shape index (κ2) is 7.42. The Labute approximate surface area is 155 Å². The van der Waals surface area contributed by atoms with Crippen LogP contribution in [0.25, 0.3) is 0 Å². The molecule has 1 fully saturated rings. The van der Waals surface area contributed by atoms with Gasteiger partial charge in [-0.15, -0.1) is 0 Å². The first-order chi connectivity index (χ1) is 12.7. The van der Waals surface area contributed by atoms with Gasteiger partial charge in [0.2, 0.25) is 11.9 Å². The van der Waals surface area contributed by atoms with Gasteiger partial charge in [-0.2, -0.15) is 18.2 Å². The fourth-order valence-corrected chi connectivity index (χ4v) is 2.78. The molecule has 3 rings (SSSR count). The fraction of sp³-hybridized carbons (Fsp3) is 0.389. The second-order valence-electron chi connectivity index (χ2n) is 6.50. The highest BCUT2D eigenvalue weighted by Gasteiger charge is 2.34. The van der Waals surface area contributed by atoms with Gasteiger partial charge in [-0.05, 0) is 24.1 Å². The summed E-state index contributed by atoms with van der Waals surface area (Å²) >= 11 is 0. The van der Waals surface area contributed by atoms with Crippen LogP contribution in [0.15, 0.2) is 30.3 Å². The molecule has 2 aromatic rings. The van der Waals surface area contributed by atoms with Gasteiger partial charge in [0.15, 0.2) is 5.69 Å². The van der Waals surface area contributed by atoms with Gasteiger partial charge in [0, 0.05) is 45.4 Å². The van der Waals surface area contributed by atoms with Crippen LogP contribution in [0.5, 0.6) is 0 Å². The zero-order valence-corrected chi connectivity index (χ0v) is 15.0. The minimum Gasteiger partial charge on any atom is -0.363 e. The molecule has 0 atom stereocenters. The Morgan fingerprint density at radius 2 is 1.89 bits per heavy atom. The highest BCUT2D eigenvalue weighted by atomic mass is 19.4. The number of aromatic nitrogens is 2. The molecule has 0 bridgehead atoms. The van der Waals surface area contributed by atoms with Crippen LogP contribution in [0.3, 0.4) is 0 Å². The number of nitrogens with one attached hydrogen (secondary N) is 1. The van der Waals surface area contributed by atoms with E-state index < -0.39 is 11.9 Å². The topological polar surface area (TPSA) is 61.4 Å². The molecule has 1 aliphatic heterocycles. The fourth-order valence-electron chi connectivity index (χ4n) is 2.78. The first-order valence-corrected chi connectivity index (χ1v) is 8.51. The van der Waals surface area contributed by atoms with Crippen molar-refractivity contribution in [2.45, 2.75) is 25.6 Å². The van der Waals surface area contributed by atoms with Gasteiger partial charge in [-0.3, -0.25) is 4.79 Å². The Balaban J connectivity index is 1.72. The molecular weight excluding hydrogens is 359 g/mol. The molecule has 0 saturated carbocycles. The Kier molecular flexibility index (Phi) is 5.20. The Bertz CT molecular complexity index is 821. The highest BCUT2D eigenvalue weighted by Crippen LogP contribution is 2.30. The predicted octanol–water partition coefficient (Wildman–Crippen LogP) is 3.30. The maximum atomic E-state index is 13.0. The van der Waals surface area contributed by atoms with Crippen molar-refractivity contribution < 1.29 is 18.0 Å². The van der Waals surface area contributed by atoms with E-state index in [0.717, 1.165) is 23.7 Å². The summed E-state index contributed by atoms with van der Waals surface area (Å²) in [6, 6.07) is 8.23. The lowest BCUT2D eigenvalue weighted by molar-refractivity contribution is -0.141. The summed E-state index contributed by atoms with van der Waals surface area (Å²) in [6.45, 7) is 0.976. The molecule has 9 heteroatoms. The molecule has 27 heavy (non-hydrogen) atoms. The molecule has 1 aromatic carbocycles. The van der Waals surface area contributed by atoms with Crippen LogP contribution in [0.4, 0.5) is 30.6 Å². The van der Waals surface area contributed by atoms with Gasteiger partial charge in [0.25, 0.3) is 0 Å². The lowest BCUT2D eigenvalue weighted by Crippen LogP contribution is -2.23. The number of carbonyl (C=O) groups is 1. The number of hydrogen-bond donors (Lipinski definition) is 1. The lowest BCUT2D eigenvalue weighted by Gasteiger charge is -2.17. The summed E-state index contributed by atoms with van der Waals surface area (Å²) in [4.78, 5) is 22.7. The van der Waals surface area contributed by atoms with Crippen molar-refractivity contribution in [1.29, 1.82) is 0 Å². The van der Waals surface area contributed by atoms with Crippen LogP contribution in [0, 0.1) is 0 Å². The third-order valence-electron chi connectivity index (χ3n) is 4.23. The standard InChI is InChI=1S/C18H20F3N5O/c1-25(2)15-10-14(18(19,20)21)23-17(24-15)22-11-12-5-7-13(8-6-12)26-9-3-4-16(26)27/h5-8,10H,3-4,9,11H2,1-2H3,(H,22,23,24). The number of carbonyl (C=O) groups excluding carboxylic acids is 1. The van der Waals surface area contributed by atoms with Crippen molar-refractivity contribution in [2.24, 2.45) is 0 Å². The molecule has 0 aliphatic carbocycles. The van der Waals surface area contributed by atoms with E-state index in [1.165, 1.54) is 4.90 Å². The zero-order chi connectivity index (χ0) is 19.6. The molecule has 0 spiro atoms. The Hall–Kier alpha value is -2.84. The van der Waals surface area contributed by atoms with Gasteiger partial charge < -0.3 is 15.1 Å². The van der Waals surface area contributed by atoms with E-state index in [-0.39, 0.29) is 24.2 Å². The molecule has 0 unspecified atom stereocenters. The summed E-state index contributed by atoms with van der Waals surface area (Å²) in [6.07, 6.45) is -3.14. The lowest BCUT2D eigenvalue weighted by atomic mass is 10.2. The van der Waals surface area contributed by atoms with Crippen LogP contribution in [-0.4, -0.2) is 36.5 Å². The normalized spacial score (nSPS) is 14.6. The molecule has 6 nitrogen and oxygen atoms in total. The van der Waals surface area contributed by atoms with Crippen LogP contribution in [-0.2, 0) is 17.5 Å². The summed E-state index contributed by atoms with van der Waals surface area (Å²) < 4.78 is 39.1. The van der Waals surface area contributed by atoms with Gasteiger partial charge in [0.05, 0.1) is 0 Å². The third kappa shape index (κ3) is 4.47. The molecule has 1 N–H and O–H groups in total. The molecule has 1 saturated heterocycles. The van der Waals surface area contributed by atoms with E-state index in [0.29, 0.717) is 13.0 Å². The molecule has 0 radical (unpaired) electrons. The van der Waals surface area contributed by atoms with Crippen molar-refractivity contribution in [3.63, 3.8) is 0 Å². The van der Waals surface area contributed by atoms with Crippen LogP contribution >= 0.6 is 0 Å². The minimum atomic E-state index is -4.55. The largest absolute Gasteiger partial charge is 0.433 e. The molecule has 2 heterocycles. The van der Waals surface area contributed by atoms with Gasteiger partial charge in [-0.1, -0.05) is 12.1 Å². The SMILES string of the molecule is CN(C)c1cc(C(F)(F)F)nc(NCc2ccc(N3CCCC3=O)cc2)n1. The number of benzene rings is 1. The number of halogens is 3. The molecule has 1 amide bonds. The number of alkyl halides is 3. The average molecular weight is 379 g/mol. The quantitative estimate of drug-likeness (QED) is 0.864. The molecule has 1 aliphatic rings. The van der Waals surface area contributed by atoms with Crippen LogP contribution in [0.1, 0.15) is 24.1 Å². The minimum absolute atomic E-state index is 0.0904.